The summed E-state index contributed by atoms with van der Waals surface area (Å²) < 4.78 is 25.1. The Balaban J connectivity index is 2.28. The van der Waals surface area contributed by atoms with Crippen LogP contribution < -0.4 is 5.73 Å². The van der Waals surface area contributed by atoms with Gasteiger partial charge in [0.1, 0.15) is 5.82 Å². The SMILES string of the molecule is Cn1c(-c2ccncc2N)nc2cc(S(C)(=O)=O)ccc21. The van der Waals surface area contributed by atoms with Gasteiger partial charge >= 0.3 is 0 Å². The molecule has 2 heterocycles. The fourth-order valence-electron chi connectivity index (χ4n) is 2.26. The Morgan fingerprint density at radius 2 is 2.00 bits per heavy atom. The smallest absolute Gasteiger partial charge is 0.175 e. The van der Waals surface area contributed by atoms with E-state index < -0.39 is 9.84 Å². The number of nitrogens with zero attached hydrogens (tertiary/aromatic N) is 3. The summed E-state index contributed by atoms with van der Waals surface area (Å²) in [5.74, 6) is 0.676. The number of rotatable bonds is 2. The zero-order chi connectivity index (χ0) is 15.2. The largest absolute Gasteiger partial charge is 0.397 e. The topological polar surface area (TPSA) is 90.9 Å². The molecule has 2 aromatic heterocycles. The van der Waals surface area contributed by atoms with Gasteiger partial charge in [-0.1, -0.05) is 0 Å². The van der Waals surface area contributed by atoms with Crippen LogP contribution in [-0.4, -0.2) is 29.2 Å². The van der Waals surface area contributed by atoms with E-state index in [4.69, 9.17) is 5.73 Å². The van der Waals surface area contributed by atoms with Gasteiger partial charge in [0.25, 0.3) is 0 Å². The maximum Gasteiger partial charge on any atom is 0.175 e. The van der Waals surface area contributed by atoms with E-state index in [9.17, 15) is 8.42 Å². The molecule has 21 heavy (non-hydrogen) atoms. The number of pyridine rings is 1. The van der Waals surface area contributed by atoms with E-state index in [1.54, 1.807) is 36.7 Å². The minimum atomic E-state index is -3.25. The quantitative estimate of drug-likeness (QED) is 0.776. The summed E-state index contributed by atoms with van der Waals surface area (Å²) >= 11 is 0. The highest BCUT2D eigenvalue weighted by molar-refractivity contribution is 7.90. The number of hydrogen-bond donors (Lipinski definition) is 1. The number of sulfone groups is 1. The molecule has 3 rings (SSSR count). The average Bonchev–Trinajstić information content (AvgIpc) is 2.75. The van der Waals surface area contributed by atoms with Crippen LogP contribution in [0.15, 0.2) is 41.6 Å². The lowest BCUT2D eigenvalue weighted by Gasteiger charge is -2.04. The zero-order valence-electron chi connectivity index (χ0n) is 11.6. The summed E-state index contributed by atoms with van der Waals surface area (Å²) in [5.41, 5.74) is 8.68. The van der Waals surface area contributed by atoms with Crippen LogP contribution in [0, 0.1) is 0 Å². The van der Waals surface area contributed by atoms with E-state index in [0.29, 0.717) is 17.0 Å². The van der Waals surface area contributed by atoms with Crippen LogP contribution in [0.4, 0.5) is 5.69 Å². The Morgan fingerprint density at radius 1 is 1.24 bits per heavy atom. The van der Waals surface area contributed by atoms with Crippen LogP contribution in [0.2, 0.25) is 0 Å². The maximum absolute atomic E-state index is 11.6. The highest BCUT2D eigenvalue weighted by atomic mass is 32.2. The predicted octanol–water partition coefficient (Wildman–Crippen LogP) is 1.62. The van der Waals surface area contributed by atoms with Crippen LogP contribution in [0.1, 0.15) is 0 Å². The first kappa shape index (κ1) is 13.6. The minimum Gasteiger partial charge on any atom is -0.397 e. The number of aryl methyl sites for hydroxylation is 1. The molecule has 2 N–H and O–H groups in total. The summed E-state index contributed by atoms with van der Waals surface area (Å²) in [6.45, 7) is 0. The van der Waals surface area contributed by atoms with Crippen molar-refractivity contribution >= 4 is 26.6 Å². The Labute approximate surface area is 122 Å². The second-order valence-corrected chi connectivity index (χ2v) is 6.90. The maximum atomic E-state index is 11.6. The van der Waals surface area contributed by atoms with Gasteiger partial charge in [-0.3, -0.25) is 4.98 Å². The number of fused-ring (bicyclic) bond motifs is 1. The molecule has 7 heteroatoms. The molecule has 0 amide bonds. The Morgan fingerprint density at radius 3 is 2.67 bits per heavy atom. The van der Waals surface area contributed by atoms with Gasteiger partial charge in [0.15, 0.2) is 9.84 Å². The van der Waals surface area contributed by atoms with Crippen molar-refractivity contribution in [2.45, 2.75) is 4.90 Å². The molecule has 0 fully saturated rings. The number of aromatic nitrogens is 3. The summed E-state index contributed by atoms with van der Waals surface area (Å²) in [4.78, 5) is 8.72. The molecular weight excluding hydrogens is 288 g/mol. The second-order valence-electron chi connectivity index (χ2n) is 4.88. The molecular formula is C14H14N4O2S. The minimum absolute atomic E-state index is 0.252. The summed E-state index contributed by atoms with van der Waals surface area (Å²) in [7, 11) is -1.39. The number of imidazole rings is 1. The van der Waals surface area contributed by atoms with Gasteiger partial charge in [-0.2, -0.15) is 0 Å². The van der Waals surface area contributed by atoms with Crippen LogP contribution in [0.5, 0.6) is 0 Å². The highest BCUT2D eigenvalue weighted by Gasteiger charge is 2.15. The molecule has 0 aliphatic rings. The van der Waals surface area contributed by atoms with Crippen molar-refractivity contribution in [1.82, 2.24) is 14.5 Å². The lowest BCUT2D eigenvalue weighted by Crippen LogP contribution is -1.97. The van der Waals surface area contributed by atoms with Gasteiger partial charge in [-0.25, -0.2) is 13.4 Å². The molecule has 0 radical (unpaired) electrons. The van der Waals surface area contributed by atoms with Crippen molar-refractivity contribution < 1.29 is 8.42 Å². The molecule has 0 bridgehead atoms. The standard InChI is InChI=1S/C14H14N4O2S/c1-18-13-4-3-9(21(2,19)20)7-12(13)17-14(18)10-5-6-16-8-11(10)15/h3-8H,15H2,1-2H3. The van der Waals surface area contributed by atoms with Crippen molar-refractivity contribution in [3.8, 4) is 11.4 Å². The van der Waals surface area contributed by atoms with E-state index in [1.807, 2.05) is 11.6 Å². The summed E-state index contributed by atoms with van der Waals surface area (Å²) in [6.07, 6.45) is 4.39. The van der Waals surface area contributed by atoms with Crippen molar-refractivity contribution in [2.24, 2.45) is 7.05 Å². The number of hydrogen-bond acceptors (Lipinski definition) is 5. The van der Waals surface area contributed by atoms with Crippen molar-refractivity contribution in [1.29, 1.82) is 0 Å². The van der Waals surface area contributed by atoms with Crippen molar-refractivity contribution in [3.05, 3.63) is 36.7 Å². The second kappa shape index (κ2) is 4.56. The van der Waals surface area contributed by atoms with Gasteiger partial charge in [0, 0.05) is 25.1 Å². The van der Waals surface area contributed by atoms with Crippen LogP contribution in [-0.2, 0) is 16.9 Å². The van der Waals surface area contributed by atoms with E-state index in [2.05, 4.69) is 9.97 Å². The Kier molecular flexibility index (Phi) is 2.94. The number of benzene rings is 1. The molecule has 0 saturated carbocycles. The highest BCUT2D eigenvalue weighted by Crippen LogP contribution is 2.28. The van der Waals surface area contributed by atoms with Gasteiger partial charge in [-0.15, -0.1) is 0 Å². The molecule has 108 valence electrons. The molecule has 0 aliphatic heterocycles. The molecule has 0 unspecified atom stereocenters. The van der Waals surface area contributed by atoms with Crippen LogP contribution in [0.3, 0.4) is 0 Å². The third-order valence-corrected chi connectivity index (χ3v) is 4.48. The monoisotopic (exact) mass is 302 g/mol. The first-order valence-electron chi connectivity index (χ1n) is 6.24. The van der Waals surface area contributed by atoms with Crippen molar-refractivity contribution in [2.75, 3.05) is 12.0 Å². The molecule has 0 saturated heterocycles. The van der Waals surface area contributed by atoms with Crippen LogP contribution >= 0.6 is 0 Å². The average molecular weight is 302 g/mol. The van der Waals surface area contributed by atoms with E-state index in [-0.39, 0.29) is 4.90 Å². The molecule has 0 aliphatic carbocycles. The number of anilines is 1. The lowest BCUT2D eigenvalue weighted by atomic mass is 10.2. The molecule has 0 atom stereocenters. The predicted molar refractivity (Wildman–Crippen MR) is 81.5 cm³/mol. The fraction of sp³-hybridized carbons (Fsp3) is 0.143. The zero-order valence-corrected chi connectivity index (χ0v) is 12.4. The number of nitrogens with two attached hydrogens (primary N) is 1. The fourth-order valence-corrected chi connectivity index (χ4v) is 2.90. The third kappa shape index (κ3) is 2.25. The molecule has 1 aromatic carbocycles. The molecule has 0 spiro atoms. The van der Waals surface area contributed by atoms with Gasteiger partial charge in [-0.05, 0) is 24.3 Å². The van der Waals surface area contributed by atoms with Gasteiger partial charge in [0.05, 0.1) is 27.8 Å². The summed E-state index contributed by atoms with van der Waals surface area (Å²) in [6, 6.07) is 6.69. The molecule has 3 aromatic rings. The summed E-state index contributed by atoms with van der Waals surface area (Å²) in [5, 5.41) is 0. The normalized spacial score (nSPS) is 11.9. The third-order valence-electron chi connectivity index (χ3n) is 3.37. The first-order chi connectivity index (χ1) is 9.88. The van der Waals surface area contributed by atoms with Gasteiger partial charge < -0.3 is 10.3 Å². The Hall–Kier alpha value is -2.41. The Bertz CT molecular complexity index is 945. The van der Waals surface area contributed by atoms with E-state index in [1.165, 1.54) is 6.26 Å². The molecule has 6 nitrogen and oxygen atoms in total. The van der Waals surface area contributed by atoms with E-state index in [0.717, 1.165) is 11.1 Å². The number of nitrogen functional groups attached to an aromatic ring is 1. The van der Waals surface area contributed by atoms with Crippen molar-refractivity contribution in [3.63, 3.8) is 0 Å². The lowest BCUT2D eigenvalue weighted by molar-refractivity contribution is 0.602. The van der Waals surface area contributed by atoms with Crippen LogP contribution in [0.25, 0.3) is 22.4 Å². The van der Waals surface area contributed by atoms with Gasteiger partial charge in [0.2, 0.25) is 0 Å². The van der Waals surface area contributed by atoms with E-state index >= 15 is 0 Å². The first-order valence-corrected chi connectivity index (χ1v) is 8.13.